The minimum Gasteiger partial charge on any atom is -0.495 e. The van der Waals surface area contributed by atoms with Crippen molar-refractivity contribution in [1.82, 2.24) is 4.98 Å². The molecule has 0 amide bonds. The van der Waals surface area contributed by atoms with Crippen LogP contribution < -0.4 is 14.8 Å². The topological polar surface area (TPSA) is 80.3 Å². The second kappa shape index (κ2) is 10.1. The van der Waals surface area contributed by atoms with Crippen LogP contribution in [0.15, 0.2) is 47.4 Å². The lowest BCUT2D eigenvalue weighted by atomic mass is 9.89. The molecule has 3 aromatic rings. The van der Waals surface area contributed by atoms with Crippen molar-refractivity contribution >= 4 is 32.2 Å². The van der Waals surface area contributed by atoms with E-state index in [1.54, 1.807) is 35.6 Å². The minimum atomic E-state index is -3.84. The van der Waals surface area contributed by atoms with Crippen LogP contribution in [0.4, 0.5) is 10.8 Å². The van der Waals surface area contributed by atoms with Crippen molar-refractivity contribution in [3.8, 4) is 16.2 Å². The molecule has 1 saturated carbocycles. The molecule has 1 aromatic heterocycles. The molecule has 33 heavy (non-hydrogen) atoms. The first-order valence-electron chi connectivity index (χ1n) is 11.3. The standard InChI is InChI=1S/C25H31N3O3S2/c1-17-8-7-11-21(14-17)28-33(29,30)23-15-20(12-13-22(23)31-3)24-18(2)27-25(32-24)26-16-19-9-5-4-6-10-19/h7-8,11-15,19,28H,4-6,9-10,16H2,1-3H3,(H,26,27). The van der Waals surface area contributed by atoms with E-state index in [4.69, 9.17) is 9.72 Å². The fourth-order valence-electron chi connectivity index (χ4n) is 4.31. The maximum Gasteiger partial charge on any atom is 0.265 e. The van der Waals surface area contributed by atoms with E-state index >= 15 is 0 Å². The molecule has 2 N–H and O–H groups in total. The summed E-state index contributed by atoms with van der Waals surface area (Å²) < 4.78 is 34.5. The number of aromatic nitrogens is 1. The summed E-state index contributed by atoms with van der Waals surface area (Å²) in [5, 5.41) is 4.38. The summed E-state index contributed by atoms with van der Waals surface area (Å²) in [6, 6.07) is 12.5. The van der Waals surface area contributed by atoms with Crippen molar-refractivity contribution in [3.05, 3.63) is 53.7 Å². The lowest BCUT2D eigenvalue weighted by Crippen LogP contribution is -2.16. The highest BCUT2D eigenvalue weighted by atomic mass is 32.2. The van der Waals surface area contributed by atoms with Gasteiger partial charge in [0.25, 0.3) is 10.0 Å². The van der Waals surface area contributed by atoms with Crippen molar-refractivity contribution in [2.24, 2.45) is 5.92 Å². The van der Waals surface area contributed by atoms with Crippen molar-refractivity contribution in [2.45, 2.75) is 50.8 Å². The van der Waals surface area contributed by atoms with E-state index in [0.717, 1.165) is 33.4 Å². The zero-order chi connectivity index (χ0) is 23.4. The second-order valence-corrected chi connectivity index (χ2v) is 11.3. The SMILES string of the molecule is COc1ccc(-c2sc(NCC3CCCCC3)nc2C)cc1S(=O)(=O)Nc1cccc(C)c1. The predicted octanol–water partition coefficient (Wildman–Crippen LogP) is 6.23. The fraction of sp³-hybridized carbons (Fsp3) is 0.400. The first kappa shape index (κ1) is 23.6. The van der Waals surface area contributed by atoms with Gasteiger partial charge in [0.1, 0.15) is 10.6 Å². The number of hydrogen-bond acceptors (Lipinski definition) is 6. The van der Waals surface area contributed by atoms with E-state index in [1.165, 1.54) is 39.2 Å². The highest BCUT2D eigenvalue weighted by molar-refractivity contribution is 7.92. The number of methoxy groups -OCH3 is 1. The summed E-state index contributed by atoms with van der Waals surface area (Å²) in [7, 11) is -2.36. The fourth-order valence-corrected chi connectivity index (χ4v) is 6.52. The van der Waals surface area contributed by atoms with Crippen LogP contribution in [-0.4, -0.2) is 27.1 Å². The van der Waals surface area contributed by atoms with Gasteiger partial charge in [-0.1, -0.05) is 42.7 Å². The molecule has 8 heteroatoms. The van der Waals surface area contributed by atoms with Crippen molar-refractivity contribution in [1.29, 1.82) is 0 Å². The zero-order valence-electron chi connectivity index (χ0n) is 19.3. The molecule has 0 radical (unpaired) electrons. The molecule has 0 atom stereocenters. The number of nitrogens with zero attached hydrogens (tertiary/aromatic N) is 1. The molecule has 0 bridgehead atoms. The highest BCUT2D eigenvalue weighted by Crippen LogP contribution is 2.37. The smallest absolute Gasteiger partial charge is 0.265 e. The first-order valence-corrected chi connectivity index (χ1v) is 13.6. The maximum absolute atomic E-state index is 13.2. The molecular formula is C25H31N3O3S2. The molecule has 0 unspecified atom stereocenters. The Labute approximate surface area is 200 Å². The Hall–Kier alpha value is -2.58. The number of sulfonamides is 1. The number of ether oxygens (including phenoxy) is 1. The predicted molar refractivity (Wildman–Crippen MR) is 136 cm³/mol. The molecule has 0 aliphatic heterocycles. The van der Waals surface area contributed by atoms with Gasteiger partial charge in [-0.25, -0.2) is 13.4 Å². The lowest BCUT2D eigenvalue weighted by Gasteiger charge is -2.21. The zero-order valence-corrected chi connectivity index (χ0v) is 21.0. The third-order valence-electron chi connectivity index (χ3n) is 6.05. The number of hydrogen-bond donors (Lipinski definition) is 2. The van der Waals surface area contributed by atoms with Crippen LogP contribution in [0.3, 0.4) is 0 Å². The average molecular weight is 486 g/mol. The maximum atomic E-state index is 13.2. The van der Waals surface area contributed by atoms with Gasteiger partial charge in [0.05, 0.1) is 17.7 Å². The number of aryl methyl sites for hydroxylation is 2. The Morgan fingerprint density at radius 1 is 1.09 bits per heavy atom. The van der Waals surface area contributed by atoms with Gasteiger partial charge in [-0.3, -0.25) is 4.72 Å². The molecule has 1 fully saturated rings. The van der Waals surface area contributed by atoms with Crippen LogP contribution in [0.2, 0.25) is 0 Å². The second-order valence-electron chi connectivity index (χ2n) is 8.66. The van der Waals surface area contributed by atoms with Crippen molar-refractivity contribution < 1.29 is 13.2 Å². The van der Waals surface area contributed by atoms with Crippen LogP contribution in [0, 0.1) is 19.8 Å². The summed E-state index contributed by atoms with van der Waals surface area (Å²) in [5.74, 6) is 1.01. The van der Waals surface area contributed by atoms with E-state index in [9.17, 15) is 8.42 Å². The summed E-state index contributed by atoms with van der Waals surface area (Å²) in [4.78, 5) is 5.75. The Bertz CT molecular complexity index is 1220. The molecule has 0 spiro atoms. The Balaban J connectivity index is 1.59. The van der Waals surface area contributed by atoms with Crippen LogP contribution >= 0.6 is 11.3 Å². The van der Waals surface area contributed by atoms with Gasteiger partial charge in [0.15, 0.2) is 5.13 Å². The largest absolute Gasteiger partial charge is 0.495 e. The summed E-state index contributed by atoms with van der Waals surface area (Å²) in [5.41, 5.74) is 3.18. The normalized spacial score (nSPS) is 14.8. The summed E-state index contributed by atoms with van der Waals surface area (Å²) >= 11 is 1.56. The van der Waals surface area contributed by atoms with Gasteiger partial charge in [0.2, 0.25) is 0 Å². The van der Waals surface area contributed by atoms with Gasteiger partial charge in [-0.15, -0.1) is 0 Å². The molecule has 2 aromatic carbocycles. The van der Waals surface area contributed by atoms with Gasteiger partial charge in [-0.2, -0.15) is 0 Å². The summed E-state index contributed by atoms with van der Waals surface area (Å²) in [6.45, 7) is 4.82. The molecule has 4 rings (SSSR count). The van der Waals surface area contributed by atoms with Gasteiger partial charge >= 0.3 is 0 Å². The molecule has 0 saturated heterocycles. The van der Waals surface area contributed by atoms with Crippen LogP contribution in [0.1, 0.15) is 43.4 Å². The lowest BCUT2D eigenvalue weighted by molar-refractivity contribution is 0.373. The Morgan fingerprint density at radius 2 is 1.88 bits per heavy atom. The molecule has 1 aliphatic carbocycles. The van der Waals surface area contributed by atoms with E-state index in [2.05, 4.69) is 10.0 Å². The average Bonchev–Trinajstić information content (AvgIpc) is 3.18. The van der Waals surface area contributed by atoms with Crippen LogP contribution in [0.25, 0.3) is 10.4 Å². The number of nitrogens with one attached hydrogen (secondary N) is 2. The third kappa shape index (κ3) is 5.68. The quantitative estimate of drug-likeness (QED) is 0.395. The van der Waals surface area contributed by atoms with Crippen LogP contribution in [0.5, 0.6) is 5.75 Å². The van der Waals surface area contributed by atoms with E-state index in [0.29, 0.717) is 17.4 Å². The molecule has 6 nitrogen and oxygen atoms in total. The van der Waals surface area contributed by atoms with E-state index in [1.807, 2.05) is 32.0 Å². The number of rotatable bonds is 8. The molecular weight excluding hydrogens is 454 g/mol. The number of anilines is 2. The molecule has 1 heterocycles. The van der Waals surface area contributed by atoms with E-state index < -0.39 is 10.0 Å². The molecule has 176 valence electrons. The minimum absolute atomic E-state index is 0.105. The number of thiazole rings is 1. The van der Waals surface area contributed by atoms with Crippen molar-refractivity contribution in [2.75, 3.05) is 23.7 Å². The Morgan fingerprint density at radius 3 is 2.61 bits per heavy atom. The van der Waals surface area contributed by atoms with Gasteiger partial charge < -0.3 is 10.1 Å². The molecule has 1 aliphatic rings. The third-order valence-corrected chi connectivity index (χ3v) is 8.62. The Kier molecular flexibility index (Phi) is 7.24. The summed E-state index contributed by atoms with van der Waals surface area (Å²) in [6.07, 6.45) is 6.52. The monoisotopic (exact) mass is 485 g/mol. The highest BCUT2D eigenvalue weighted by Gasteiger charge is 2.22. The first-order chi connectivity index (χ1) is 15.9. The van der Waals surface area contributed by atoms with Crippen molar-refractivity contribution in [3.63, 3.8) is 0 Å². The van der Waals surface area contributed by atoms with Gasteiger partial charge in [-0.05, 0) is 74.1 Å². The van der Waals surface area contributed by atoms with Gasteiger partial charge in [0, 0.05) is 12.2 Å². The van der Waals surface area contributed by atoms with Crippen LogP contribution in [-0.2, 0) is 10.0 Å². The van der Waals surface area contributed by atoms with E-state index in [-0.39, 0.29) is 4.90 Å². The number of benzene rings is 2.